The van der Waals surface area contributed by atoms with E-state index in [1.807, 2.05) is 0 Å². The van der Waals surface area contributed by atoms with Gasteiger partial charge in [0.25, 0.3) is 0 Å². The maximum Gasteiger partial charge on any atom is 0.321 e. The monoisotopic (exact) mass is 192 g/mol. The molecule has 0 aromatic carbocycles. The van der Waals surface area contributed by atoms with Crippen molar-refractivity contribution in [3.05, 3.63) is 11.5 Å². The lowest BCUT2D eigenvalue weighted by Crippen LogP contribution is -2.16. The van der Waals surface area contributed by atoms with E-state index >= 15 is 0 Å². The number of esters is 1. The van der Waals surface area contributed by atoms with E-state index in [0.717, 1.165) is 5.41 Å². The summed E-state index contributed by atoms with van der Waals surface area (Å²) in [5.41, 5.74) is 0. The smallest absolute Gasteiger partial charge is 0.321 e. The summed E-state index contributed by atoms with van der Waals surface area (Å²) in [6.07, 6.45) is 1.37. The normalized spacial score (nSPS) is 11.8. The molecule has 0 saturated heterocycles. The second-order valence-corrected chi connectivity index (χ2v) is 3.97. The van der Waals surface area contributed by atoms with Crippen molar-refractivity contribution in [1.29, 1.82) is 0 Å². The van der Waals surface area contributed by atoms with E-state index in [4.69, 9.17) is 0 Å². The molecule has 0 spiro atoms. The molecular weight excluding hydrogens is 180 g/mol. The minimum atomic E-state index is -3.41. The van der Waals surface area contributed by atoms with Gasteiger partial charge in [-0.1, -0.05) is 6.08 Å². The average molecular weight is 192 g/mol. The molecule has 12 heavy (non-hydrogen) atoms. The molecule has 0 saturated carbocycles. The van der Waals surface area contributed by atoms with Crippen LogP contribution in [0.2, 0.25) is 0 Å². The van der Waals surface area contributed by atoms with Crippen LogP contribution in [0.5, 0.6) is 0 Å². The number of hydrogen-bond acceptors (Lipinski definition) is 4. The maximum absolute atomic E-state index is 10.9. The van der Waals surface area contributed by atoms with Gasteiger partial charge < -0.3 is 4.74 Å². The summed E-state index contributed by atoms with van der Waals surface area (Å²) in [5, 5.41) is 0.990. The molecule has 5 heteroatoms. The highest BCUT2D eigenvalue weighted by molar-refractivity contribution is 7.94. The fourth-order valence-electron chi connectivity index (χ4n) is 0.622. The molecule has 0 aliphatic rings. The second kappa shape index (κ2) is 4.92. The summed E-state index contributed by atoms with van der Waals surface area (Å²) in [5.74, 6) is -1.29. The highest BCUT2D eigenvalue weighted by atomic mass is 32.2. The lowest BCUT2D eigenvalue weighted by molar-refractivity contribution is -0.139. The third-order valence-corrected chi connectivity index (χ3v) is 2.29. The number of carbonyl (C=O) groups excluding carboxylic acids is 1. The number of carbonyl (C=O) groups is 1. The molecule has 4 nitrogen and oxygen atoms in total. The largest absolute Gasteiger partial charge is 0.465 e. The van der Waals surface area contributed by atoms with Crippen LogP contribution >= 0.6 is 0 Å². The Morgan fingerprint density at radius 3 is 2.50 bits per heavy atom. The molecule has 0 N–H and O–H groups in total. The fraction of sp³-hybridized carbons (Fsp3) is 0.571. The highest BCUT2D eigenvalue weighted by Gasteiger charge is 2.13. The molecule has 0 bridgehead atoms. The molecule has 0 rings (SSSR count). The van der Waals surface area contributed by atoms with Gasteiger partial charge in [-0.05, 0) is 13.8 Å². The van der Waals surface area contributed by atoms with Crippen LogP contribution in [0, 0.1) is 0 Å². The highest BCUT2D eigenvalue weighted by Crippen LogP contribution is 1.94. The van der Waals surface area contributed by atoms with E-state index < -0.39 is 21.6 Å². The minimum Gasteiger partial charge on any atom is -0.465 e. The Balaban J connectivity index is 4.17. The molecule has 0 atom stereocenters. The summed E-state index contributed by atoms with van der Waals surface area (Å²) >= 11 is 0. The summed E-state index contributed by atoms with van der Waals surface area (Å²) in [7, 11) is -3.41. The quantitative estimate of drug-likeness (QED) is 0.608. The summed E-state index contributed by atoms with van der Waals surface area (Å²) in [6, 6.07) is 0. The van der Waals surface area contributed by atoms with Crippen LogP contribution in [-0.2, 0) is 19.4 Å². The van der Waals surface area contributed by atoms with Crippen molar-refractivity contribution in [1.82, 2.24) is 0 Å². The topological polar surface area (TPSA) is 60.4 Å². The Bertz CT molecular complexity index is 263. The summed E-state index contributed by atoms with van der Waals surface area (Å²) in [4.78, 5) is 10.7. The molecule has 0 aromatic heterocycles. The number of rotatable bonds is 4. The van der Waals surface area contributed by atoms with E-state index in [-0.39, 0.29) is 6.61 Å². The van der Waals surface area contributed by atoms with Gasteiger partial charge in [0.1, 0.15) is 0 Å². The van der Waals surface area contributed by atoms with Crippen molar-refractivity contribution in [2.24, 2.45) is 0 Å². The van der Waals surface area contributed by atoms with Crippen molar-refractivity contribution in [2.45, 2.75) is 13.8 Å². The molecule has 0 radical (unpaired) electrons. The van der Waals surface area contributed by atoms with Crippen molar-refractivity contribution < 1.29 is 17.9 Å². The molecule has 70 valence electrons. The number of ether oxygens (including phenoxy) is 1. The second-order valence-electron chi connectivity index (χ2n) is 2.08. The summed E-state index contributed by atoms with van der Waals surface area (Å²) in [6.45, 7) is 3.40. The fourth-order valence-corrected chi connectivity index (χ4v) is 1.55. The van der Waals surface area contributed by atoms with Crippen molar-refractivity contribution in [3.63, 3.8) is 0 Å². The molecule has 0 aliphatic heterocycles. The van der Waals surface area contributed by atoms with Gasteiger partial charge >= 0.3 is 5.97 Å². The van der Waals surface area contributed by atoms with E-state index in [1.54, 1.807) is 13.8 Å². The maximum atomic E-state index is 10.9. The van der Waals surface area contributed by atoms with E-state index in [0.29, 0.717) is 0 Å². The Hall–Kier alpha value is -0.840. The first-order valence-corrected chi connectivity index (χ1v) is 5.24. The van der Waals surface area contributed by atoms with Crippen LogP contribution in [0.3, 0.4) is 0 Å². The Labute approximate surface area is 72.1 Å². The first kappa shape index (κ1) is 11.2. The van der Waals surface area contributed by atoms with Crippen LogP contribution in [-0.4, -0.2) is 26.7 Å². The zero-order valence-corrected chi connectivity index (χ0v) is 7.93. The Morgan fingerprint density at radius 2 is 2.08 bits per heavy atom. The molecular formula is C7H12O4S. The van der Waals surface area contributed by atoms with E-state index in [1.165, 1.54) is 6.08 Å². The van der Waals surface area contributed by atoms with Crippen LogP contribution in [0.25, 0.3) is 0 Å². The SMILES string of the molecule is CC=CS(=O)(=O)CC(=O)OCC. The molecule has 0 aliphatic carbocycles. The molecule has 0 aromatic rings. The number of allylic oxidation sites excluding steroid dienone is 1. The Morgan fingerprint density at radius 1 is 1.50 bits per heavy atom. The van der Waals surface area contributed by atoms with Gasteiger partial charge in [-0.2, -0.15) is 0 Å². The molecule has 0 fully saturated rings. The number of sulfone groups is 1. The third-order valence-electron chi connectivity index (χ3n) is 0.968. The van der Waals surface area contributed by atoms with Gasteiger partial charge in [0, 0.05) is 5.41 Å². The standard InChI is InChI=1S/C7H12O4S/c1-3-5-12(9,10)6-7(8)11-4-2/h3,5H,4,6H2,1-2H3. The molecule has 0 unspecified atom stereocenters. The van der Waals surface area contributed by atoms with Crippen molar-refractivity contribution in [3.8, 4) is 0 Å². The van der Waals surface area contributed by atoms with Crippen LogP contribution in [0.15, 0.2) is 11.5 Å². The molecule has 0 amide bonds. The number of hydrogen-bond donors (Lipinski definition) is 0. The van der Waals surface area contributed by atoms with Crippen molar-refractivity contribution >= 4 is 15.8 Å². The first-order chi connectivity index (χ1) is 5.52. The predicted octanol–water partition coefficient (Wildman–Crippen LogP) is 0.498. The van der Waals surface area contributed by atoms with E-state index in [2.05, 4.69) is 4.74 Å². The van der Waals surface area contributed by atoms with Gasteiger partial charge in [-0.15, -0.1) is 0 Å². The lowest BCUT2D eigenvalue weighted by Gasteiger charge is -1.98. The van der Waals surface area contributed by atoms with Gasteiger partial charge in [0.05, 0.1) is 6.61 Å². The summed E-state index contributed by atoms with van der Waals surface area (Å²) < 4.78 is 26.3. The van der Waals surface area contributed by atoms with Crippen LogP contribution in [0.1, 0.15) is 13.8 Å². The predicted molar refractivity (Wildman–Crippen MR) is 45.2 cm³/mol. The zero-order chi connectivity index (χ0) is 9.61. The minimum absolute atomic E-state index is 0.199. The Kier molecular flexibility index (Phi) is 4.58. The van der Waals surface area contributed by atoms with Crippen LogP contribution in [0.4, 0.5) is 0 Å². The first-order valence-electron chi connectivity index (χ1n) is 3.53. The van der Waals surface area contributed by atoms with Gasteiger partial charge in [-0.3, -0.25) is 4.79 Å². The molecule has 0 heterocycles. The van der Waals surface area contributed by atoms with Crippen LogP contribution < -0.4 is 0 Å². The van der Waals surface area contributed by atoms with Crippen molar-refractivity contribution in [2.75, 3.05) is 12.4 Å². The van der Waals surface area contributed by atoms with E-state index in [9.17, 15) is 13.2 Å². The van der Waals surface area contributed by atoms with Gasteiger partial charge in [0.2, 0.25) is 0 Å². The average Bonchev–Trinajstić information content (AvgIpc) is 1.85. The zero-order valence-electron chi connectivity index (χ0n) is 7.11. The van der Waals surface area contributed by atoms with Gasteiger partial charge in [-0.25, -0.2) is 8.42 Å². The third kappa shape index (κ3) is 4.90. The van der Waals surface area contributed by atoms with Gasteiger partial charge in [0.15, 0.2) is 15.6 Å². The lowest BCUT2D eigenvalue weighted by atomic mass is 10.8.